The number of rotatable bonds is 5. The molecule has 1 N–H and O–H groups in total. The minimum Gasteiger partial charge on any atom is -0.497 e. The third kappa shape index (κ3) is 4.74. The Balaban J connectivity index is 1.36. The zero-order valence-electron chi connectivity index (χ0n) is 18.8. The standard InChI is InChI=1S/C26H29N3O3/c1-17-8-11-27-24(14-17)28-25(30)19-9-12-29(13-10-19)26(31)18(2)20-4-5-22-16-23(32-3)7-6-21(22)15-20/h4-8,11,14-16,18-19H,9-10,12-13H2,1-3H3,(H,27,28,30)/t18-/m0/s1. The van der Waals surface area contributed by atoms with Crippen LogP contribution in [0.15, 0.2) is 54.7 Å². The summed E-state index contributed by atoms with van der Waals surface area (Å²) in [6.45, 7) is 5.10. The summed E-state index contributed by atoms with van der Waals surface area (Å²) in [5, 5.41) is 5.08. The molecule has 0 radical (unpaired) electrons. The summed E-state index contributed by atoms with van der Waals surface area (Å²) < 4.78 is 5.29. The van der Waals surface area contributed by atoms with Crippen LogP contribution in [-0.4, -0.2) is 41.9 Å². The van der Waals surface area contributed by atoms with E-state index in [1.54, 1.807) is 13.3 Å². The Morgan fingerprint density at radius 3 is 2.50 bits per heavy atom. The maximum Gasteiger partial charge on any atom is 0.229 e. The lowest BCUT2D eigenvalue weighted by molar-refractivity contribution is -0.135. The number of pyridine rings is 1. The molecule has 3 aromatic rings. The molecule has 2 aromatic carbocycles. The second-order valence-corrected chi connectivity index (χ2v) is 8.50. The number of methoxy groups -OCH3 is 1. The molecular weight excluding hydrogens is 402 g/mol. The highest BCUT2D eigenvalue weighted by Crippen LogP contribution is 2.28. The van der Waals surface area contributed by atoms with E-state index < -0.39 is 0 Å². The molecular formula is C26H29N3O3. The van der Waals surface area contributed by atoms with Gasteiger partial charge in [-0.05, 0) is 72.9 Å². The second kappa shape index (κ2) is 9.39. The number of carbonyl (C=O) groups excluding carboxylic acids is 2. The number of likely N-dealkylation sites (tertiary alicyclic amines) is 1. The molecule has 1 atom stereocenters. The number of aromatic nitrogens is 1. The third-order valence-corrected chi connectivity index (χ3v) is 6.29. The molecule has 2 heterocycles. The number of piperidine rings is 1. The molecule has 1 saturated heterocycles. The molecule has 0 spiro atoms. The van der Waals surface area contributed by atoms with Crippen molar-refractivity contribution in [3.8, 4) is 5.75 Å². The fraction of sp³-hybridized carbons (Fsp3) is 0.346. The predicted molar refractivity (Wildman–Crippen MR) is 126 cm³/mol. The van der Waals surface area contributed by atoms with Crippen molar-refractivity contribution in [2.75, 3.05) is 25.5 Å². The van der Waals surface area contributed by atoms with Crippen molar-refractivity contribution in [1.29, 1.82) is 0 Å². The molecule has 1 aliphatic heterocycles. The molecule has 1 fully saturated rings. The number of nitrogens with zero attached hydrogens (tertiary/aromatic N) is 2. The molecule has 1 aliphatic rings. The Morgan fingerprint density at radius 2 is 1.78 bits per heavy atom. The van der Waals surface area contributed by atoms with Gasteiger partial charge in [-0.25, -0.2) is 4.98 Å². The SMILES string of the molecule is COc1ccc2cc([C@H](C)C(=O)N3CCC(C(=O)Nc4cc(C)ccn4)CC3)ccc2c1. The Morgan fingerprint density at radius 1 is 1.06 bits per heavy atom. The van der Waals surface area contributed by atoms with Gasteiger partial charge < -0.3 is 15.0 Å². The lowest BCUT2D eigenvalue weighted by Gasteiger charge is -2.33. The molecule has 32 heavy (non-hydrogen) atoms. The molecule has 6 heteroatoms. The van der Waals surface area contributed by atoms with Gasteiger partial charge in [-0.1, -0.05) is 24.3 Å². The molecule has 0 bridgehead atoms. The van der Waals surface area contributed by atoms with Gasteiger partial charge in [0.2, 0.25) is 11.8 Å². The zero-order valence-corrected chi connectivity index (χ0v) is 18.8. The van der Waals surface area contributed by atoms with Gasteiger partial charge in [0.25, 0.3) is 0 Å². The number of aryl methyl sites for hydroxylation is 1. The van der Waals surface area contributed by atoms with E-state index in [-0.39, 0.29) is 23.7 Å². The lowest BCUT2D eigenvalue weighted by Crippen LogP contribution is -2.43. The van der Waals surface area contributed by atoms with Crippen LogP contribution >= 0.6 is 0 Å². The fourth-order valence-corrected chi connectivity index (χ4v) is 4.25. The molecule has 1 aromatic heterocycles. The van der Waals surface area contributed by atoms with Gasteiger partial charge in [-0.15, -0.1) is 0 Å². The molecule has 0 saturated carbocycles. The van der Waals surface area contributed by atoms with E-state index in [0.29, 0.717) is 31.7 Å². The van der Waals surface area contributed by atoms with Crippen LogP contribution < -0.4 is 10.1 Å². The van der Waals surface area contributed by atoms with Crippen molar-refractivity contribution in [2.45, 2.75) is 32.6 Å². The number of ether oxygens (including phenoxy) is 1. The number of hydrogen-bond acceptors (Lipinski definition) is 4. The van der Waals surface area contributed by atoms with Gasteiger partial charge in [-0.2, -0.15) is 0 Å². The Labute approximate surface area is 188 Å². The van der Waals surface area contributed by atoms with E-state index in [1.165, 1.54) is 0 Å². The smallest absolute Gasteiger partial charge is 0.229 e. The first-order chi connectivity index (χ1) is 15.4. The Bertz CT molecular complexity index is 1140. The van der Waals surface area contributed by atoms with Crippen molar-refractivity contribution in [3.63, 3.8) is 0 Å². The number of benzene rings is 2. The minimum atomic E-state index is -0.233. The van der Waals surface area contributed by atoms with E-state index in [0.717, 1.165) is 27.6 Å². The minimum absolute atomic E-state index is 0.0202. The third-order valence-electron chi connectivity index (χ3n) is 6.29. The molecule has 0 unspecified atom stereocenters. The first-order valence-electron chi connectivity index (χ1n) is 11.0. The first kappa shape index (κ1) is 21.8. The molecule has 2 amide bonds. The van der Waals surface area contributed by atoms with Gasteiger partial charge in [0.1, 0.15) is 11.6 Å². The van der Waals surface area contributed by atoms with E-state index in [9.17, 15) is 9.59 Å². The molecule has 0 aliphatic carbocycles. The summed E-state index contributed by atoms with van der Waals surface area (Å²) >= 11 is 0. The van der Waals surface area contributed by atoms with Crippen molar-refractivity contribution >= 4 is 28.4 Å². The van der Waals surface area contributed by atoms with Crippen molar-refractivity contribution < 1.29 is 14.3 Å². The van der Waals surface area contributed by atoms with Crippen LogP contribution in [0.1, 0.15) is 36.8 Å². The molecule has 6 nitrogen and oxygen atoms in total. The van der Waals surface area contributed by atoms with Gasteiger partial charge in [0, 0.05) is 25.2 Å². The van der Waals surface area contributed by atoms with Crippen molar-refractivity contribution in [2.24, 2.45) is 5.92 Å². The van der Waals surface area contributed by atoms with Crippen molar-refractivity contribution in [1.82, 2.24) is 9.88 Å². The fourth-order valence-electron chi connectivity index (χ4n) is 4.25. The van der Waals surface area contributed by atoms with Crippen LogP contribution in [0.4, 0.5) is 5.82 Å². The highest BCUT2D eigenvalue weighted by Gasteiger charge is 2.30. The molecule has 4 rings (SSSR count). The number of anilines is 1. The predicted octanol–water partition coefficient (Wildman–Crippen LogP) is 4.53. The highest BCUT2D eigenvalue weighted by molar-refractivity contribution is 5.92. The summed E-state index contributed by atoms with van der Waals surface area (Å²) in [6.07, 6.45) is 3.01. The average Bonchev–Trinajstić information content (AvgIpc) is 2.82. The van der Waals surface area contributed by atoms with Crippen LogP contribution in [0.3, 0.4) is 0 Å². The quantitative estimate of drug-likeness (QED) is 0.644. The molecule has 166 valence electrons. The Hall–Kier alpha value is -3.41. The number of amides is 2. The zero-order chi connectivity index (χ0) is 22.7. The topological polar surface area (TPSA) is 71.5 Å². The van der Waals surface area contributed by atoms with Crippen molar-refractivity contribution in [3.05, 3.63) is 65.9 Å². The van der Waals surface area contributed by atoms with E-state index in [1.807, 2.05) is 61.2 Å². The van der Waals surface area contributed by atoms with E-state index >= 15 is 0 Å². The monoisotopic (exact) mass is 431 g/mol. The van der Waals surface area contributed by atoms with Gasteiger partial charge in [0.15, 0.2) is 0 Å². The number of nitrogens with one attached hydrogen (secondary N) is 1. The van der Waals surface area contributed by atoms with Gasteiger partial charge in [-0.3, -0.25) is 9.59 Å². The summed E-state index contributed by atoms with van der Waals surface area (Å²) in [7, 11) is 1.66. The van der Waals surface area contributed by atoms with Gasteiger partial charge in [0.05, 0.1) is 13.0 Å². The van der Waals surface area contributed by atoms with Crippen LogP contribution in [-0.2, 0) is 9.59 Å². The summed E-state index contributed by atoms with van der Waals surface area (Å²) in [4.78, 5) is 31.8. The summed E-state index contributed by atoms with van der Waals surface area (Å²) in [5.41, 5.74) is 2.05. The van der Waals surface area contributed by atoms with Crippen LogP contribution in [0.25, 0.3) is 10.8 Å². The lowest BCUT2D eigenvalue weighted by atomic mass is 9.92. The average molecular weight is 432 g/mol. The van der Waals surface area contributed by atoms with Gasteiger partial charge >= 0.3 is 0 Å². The normalized spacial score (nSPS) is 15.4. The van der Waals surface area contributed by atoms with Crippen LogP contribution in [0.2, 0.25) is 0 Å². The van der Waals surface area contributed by atoms with E-state index in [2.05, 4.69) is 16.4 Å². The van der Waals surface area contributed by atoms with Crippen LogP contribution in [0.5, 0.6) is 5.75 Å². The largest absolute Gasteiger partial charge is 0.497 e. The Kier molecular flexibility index (Phi) is 6.40. The van der Waals surface area contributed by atoms with Crippen LogP contribution in [0, 0.1) is 12.8 Å². The highest BCUT2D eigenvalue weighted by atomic mass is 16.5. The maximum absolute atomic E-state index is 13.1. The maximum atomic E-state index is 13.1. The summed E-state index contributed by atoms with van der Waals surface area (Å²) in [5.74, 6) is 1.15. The number of carbonyl (C=O) groups is 2. The number of fused-ring (bicyclic) bond motifs is 1. The van der Waals surface area contributed by atoms with E-state index in [4.69, 9.17) is 4.74 Å². The first-order valence-corrected chi connectivity index (χ1v) is 11.0. The summed E-state index contributed by atoms with van der Waals surface area (Å²) in [6, 6.07) is 15.8. The second-order valence-electron chi connectivity index (χ2n) is 8.50. The number of hydrogen-bond donors (Lipinski definition) is 1.